The van der Waals surface area contributed by atoms with Crippen LogP contribution < -0.4 is 5.32 Å². The second-order valence-electron chi connectivity index (χ2n) is 6.85. The number of amides is 1. The molecule has 2 aliphatic carbocycles. The Labute approximate surface area is 132 Å². The van der Waals surface area contributed by atoms with Crippen molar-refractivity contribution in [2.24, 2.45) is 11.8 Å². The summed E-state index contributed by atoms with van der Waals surface area (Å²) < 4.78 is 0. The van der Waals surface area contributed by atoms with Crippen molar-refractivity contribution in [3.63, 3.8) is 0 Å². The number of nitrogens with one attached hydrogen (secondary N) is 1. The molecule has 116 valence electrons. The fourth-order valence-corrected chi connectivity index (χ4v) is 4.84. The van der Waals surface area contributed by atoms with Crippen LogP contribution in [0.15, 0.2) is 12.1 Å². The molecule has 4 atom stereocenters. The van der Waals surface area contributed by atoms with Crippen LogP contribution in [-0.4, -0.2) is 11.9 Å². The van der Waals surface area contributed by atoms with Gasteiger partial charge in [0.1, 0.15) is 0 Å². The molecule has 0 saturated heterocycles. The summed E-state index contributed by atoms with van der Waals surface area (Å²) in [4.78, 5) is 15.2. The number of aryl methyl sites for hydroxylation is 1. The van der Waals surface area contributed by atoms with E-state index in [0.717, 1.165) is 12.3 Å². The number of hydrogen-bond donors (Lipinski definition) is 1. The van der Waals surface area contributed by atoms with Gasteiger partial charge in [0.15, 0.2) is 0 Å². The quantitative estimate of drug-likeness (QED) is 0.815. The van der Waals surface area contributed by atoms with Gasteiger partial charge < -0.3 is 5.32 Å². The summed E-state index contributed by atoms with van der Waals surface area (Å²) in [7, 11) is 0. The van der Waals surface area contributed by atoms with Crippen LogP contribution in [0, 0.1) is 18.8 Å². The third-order valence-electron chi connectivity index (χ3n) is 5.17. The van der Waals surface area contributed by atoms with Crippen molar-refractivity contribution in [2.45, 2.75) is 70.8 Å². The molecule has 0 aliphatic heterocycles. The van der Waals surface area contributed by atoms with Gasteiger partial charge in [-0.1, -0.05) is 26.2 Å². The van der Waals surface area contributed by atoms with Crippen LogP contribution in [0.25, 0.3) is 0 Å². The Hall–Kier alpha value is -0.830. The van der Waals surface area contributed by atoms with E-state index in [1.165, 1.54) is 48.3 Å². The summed E-state index contributed by atoms with van der Waals surface area (Å²) >= 11 is 1.85. The molecular weight excluding hydrogens is 278 g/mol. The smallest absolute Gasteiger partial charge is 0.224 e. The van der Waals surface area contributed by atoms with E-state index in [1.54, 1.807) is 0 Å². The van der Waals surface area contributed by atoms with Crippen LogP contribution in [0.5, 0.6) is 0 Å². The Bertz CT molecular complexity index is 495. The van der Waals surface area contributed by atoms with E-state index >= 15 is 0 Å². The number of rotatable bonds is 6. The zero-order chi connectivity index (χ0) is 14.8. The second-order valence-corrected chi connectivity index (χ2v) is 8.16. The molecule has 2 aliphatic rings. The van der Waals surface area contributed by atoms with Gasteiger partial charge in [0.05, 0.1) is 0 Å². The second kappa shape index (κ2) is 6.51. The van der Waals surface area contributed by atoms with Crippen LogP contribution >= 0.6 is 11.3 Å². The van der Waals surface area contributed by atoms with Crippen molar-refractivity contribution in [1.82, 2.24) is 5.32 Å². The van der Waals surface area contributed by atoms with Crippen molar-refractivity contribution in [3.05, 3.63) is 21.9 Å². The average Bonchev–Trinajstić information content (AvgIpc) is 2.97. The largest absolute Gasteiger partial charge is 0.353 e. The predicted octanol–water partition coefficient (Wildman–Crippen LogP) is 4.64. The molecule has 0 bridgehead atoms. The number of thiophene rings is 1. The maximum atomic E-state index is 12.5. The third-order valence-corrected chi connectivity index (χ3v) is 6.30. The van der Waals surface area contributed by atoms with Crippen LogP contribution in [0.3, 0.4) is 0 Å². The van der Waals surface area contributed by atoms with E-state index in [2.05, 4.69) is 31.3 Å². The Kier molecular flexibility index (Phi) is 4.68. The lowest BCUT2D eigenvalue weighted by molar-refractivity contribution is -0.123. The van der Waals surface area contributed by atoms with Gasteiger partial charge in [-0.15, -0.1) is 11.3 Å². The molecule has 1 amide bonds. The summed E-state index contributed by atoms with van der Waals surface area (Å²) in [6.07, 6.45) is 8.70. The van der Waals surface area contributed by atoms with Gasteiger partial charge in [-0.25, -0.2) is 0 Å². The van der Waals surface area contributed by atoms with Crippen molar-refractivity contribution in [1.29, 1.82) is 0 Å². The first-order chi connectivity index (χ1) is 10.2. The molecular formula is C18H27NOS. The van der Waals surface area contributed by atoms with Crippen molar-refractivity contribution >= 4 is 17.2 Å². The fraction of sp³-hybridized carbons (Fsp3) is 0.722. The minimum Gasteiger partial charge on any atom is -0.353 e. The summed E-state index contributed by atoms with van der Waals surface area (Å²) in [6.45, 7) is 4.39. The minimum absolute atomic E-state index is 0.246. The van der Waals surface area contributed by atoms with Crippen LogP contribution in [-0.2, 0) is 4.79 Å². The van der Waals surface area contributed by atoms with Crippen molar-refractivity contribution in [2.75, 3.05) is 0 Å². The monoisotopic (exact) mass is 305 g/mol. The van der Waals surface area contributed by atoms with E-state index in [9.17, 15) is 4.79 Å². The lowest BCUT2D eigenvalue weighted by atomic mass is 9.96. The summed E-state index contributed by atoms with van der Waals surface area (Å²) in [5.74, 6) is 1.80. The van der Waals surface area contributed by atoms with Gasteiger partial charge in [0, 0.05) is 27.6 Å². The van der Waals surface area contributed by atoms with Crippen LogP contribution in [0.2, 0.25) is 0 Å². The highest BCUT2D eigenvalue weighted by atomic mass is 32.1. The molecule has 21 heavy (non-hydrogen) atoms. The molecule has 2 saturated carbocycles. The van der Waals surface area contributed by atoms with Crippen molar-refractivity contribution in [3.8, 4) is 0 Å². The standard InChI is InChI=1S/C18H27NOS/c1-3-4-6-13-7-5-8-16(13)19-18(20)15-11-14(15)17-10-9-12(2)21-17/h9-10,13-16H,3-8,11H2,1-2H3,(H,19,20). The van der Waals surface area contributed by atoms with Crippen LogP contribution in [0.1, 0.15) is 67.5 Å². The Balaban J connectivity index is 1.50. The zero-order valence-electron chi connectivity index (χ0n) is 13.2. The van der Waals surface area contributed by atoms with E-state index in [-0.39, 0.29) is 5.92 Å². The first kappa shape index (κ1) is 15.1. The van der Waals surface area contributed by atoms with Gasteiger partial charge in [-0.05, 0) is 50.7 Å². The molecule has 1 aromatic heterocycles. The van der Waals surface area contributed by atoms with Crippen molar-refractivity contribution < 1.29 is 4.79 Å². The van der Waals surface area contributed by atoms with Crippen LogP contribution in [0.4, 0.5) is 0 Å². The summed E-state index contributed by atoms with van der Waals surface area (Å²) in [5, 5.41) is 3.37. The van der Waals surface area contributed by atoms with Gasteiger partial charge in [-0.3, -0.25) is 4.79 Å². The van der Waals surface area contributed by atoms with E-state index in [1.807, 2.05) is 11.3 Å². The summed E-state index contributed by atoms with van der Waals surface area (Å²) in [6, 6.07) is 4.83. The molecule has 2 nitrogen and oxygen atoms in total. The highest BCUT2D eigenvalue weighted by Gasteiger charge is 2.45. The van der Waals surface area contributed by atoms with Gasteiger partial charge in [0.25, 0.3) is 0 Å². The number of carbonyl (C=O) groups is 1. The molecule has 1 aromatic rings. The van der Waals surface area contributed by atoms with E-state index in [0.29, 0.717) is 17.9 Å². The molecule has 1 N–H and O–H groups in total. The van der Waals surface area contributed by atoms with E-state index in [4.69, 9.17) is 0 Å². The minimum atomic E-state index is 0.246. The lowest BCUT2D eigenvalue weighted by Crippen LogP contribution is -2.38. The molecule has 3 rings (SSSR count). The van der Waals surface area contributed by atoms with Gasteiger partial charge in [-0.2, -0.15) is 0 Å². The first-order valence-electron chi connectivity index (χ1n) is 8.55. The number of hydrogen-bond acceptors (Lipinski definition) is 2. The molecule has 0 aromatic carbocycles. The summed E-state index contributed by atoms with van der Waals surface area (Å²) in [5.41, 5.74) is 0. The van der Waals surface area contributed by atoms with Gasteiger partial charge >= 0.3 is 0 Å². The molecule has 0 spiro atoms. The Morgan fingerprint density at radius 1 is 1.38 bits per heavy atom. The lowest BCUT2D eigenvalue weighted by Gasteiger charge is -2.21. The average molecular weight is 305 g/mol. The molecule has 4 unspecified atom stereocenters. The highest BCUT2D eigenvalue weighted by Crippen LogP contribution is 2.50. The predicted molar refractivity (Wildman–Crippen MR) is 88.7 cm³/mol. The zero-order valence-corrected chi connectivity index (χ0v) is 14.0. The molecule has 0 radical (unpaired) electrons. The number of unbranched alkanes of at least 4 members (excludes halogenated alkanes) is 1. The maximum absolute atomic E-state index is 12.5. The Morgan fingerprint density at radius 3 is 2.95 bits per heavy atom. The normalized spacial score (nSPS) is 31.3. The molecule has 3 heteroatoms. The molecule has 1 heterocycles. The van der Waals surface area contributed by atoms with Gasteiger partial charge in [0.2, 0.25) is 5.91 Å². The third kappa shape index (κ3) is 3.50. The SMILES string of the molecule is CCCCC1CCCC1NC(=O)C1CC1c1ccc(C)s1. The molecule has 2 fully saturated rings. The Morgan fingerprint density at radius 2 is 2.24 bits per heavy atom. The number of carbonyl (C=O) groups excluding carboxylic acids is 1. The topological polar surface area (TPSA) is 29.1 Å². The van der Waals surface area contributed by atoms with E-state index < -0.39 is 0 Å². The first-order valence-corrected chi connectivity index (χ1v) is 9.37. The maximum Gasteiger partial charge on any atom is 0.224 e. The highest BCUT2D eigenvalue weighted by molar-refractivity contribution is 7.12. The fourth-order valence-electron chi connectivity index (χ4n) is 3.78.